The predicted octanol–water partition coefficient (Wildman–Crippen LogP) is 6.73. The van der Waals surface area contributed by atoms with Crippen LogP contribution >= 0.6 is 11.3 Å². The summed E-state index contributed by atoms with van der Waals surface area (Å²) in [6.45, 7) is 1.93. The molecule has 0 saturated carbocycles. The van der Waals surface area contributed by atoms with Crippen LogP contribution in [0.25, 0.3) is 32.7 Å². The molecule has 35 heavy (non-hydrogen) atoms. The molecular formula is C29H28N4OS. The molecule has 6 heteroatoms. The number of carbonyl (C=O) groups is 1. The number of fused-ring (bicyclic) bond motifs is 2. The minimum atomic E-state index is -0.0773. The maximum absolute atomic E-state index is 12.4. The molecule has 0 bridgehead atoms. The summed E-state index contributed by atoms with van der Waals surface area (Å²) in [5.41, 5.74) is 3.13. The number of benzene rings is 3. The molecule has 5 rings (SSSR count). The Hall–Kier alpha value is -3.74. The molecular weight excluding hydrogens is 452 g/mol. The van der Waals surface area contributed by atoms with E-state index in [9.17, 15) is 4.79 Å². The topological polar surface area (TPSA) is 57.3 Å². The van der Waals surface area contributed by atoms with Crippen LogP contribution in [0.2, 0.25) is 0 Å². The van der Waals surface area contributed by atoms with E-state index in [1.807, 2.05) is 35.8 Å². The van der Waals surface area contributed by atoms with Gasteiger partial charge in [-0.25, -0.2) is 4.98 Å². The Balaban J connectivity index is 1.41. The molecule has 0 aliphatic heterocycles. The third kappa shape index (κ3) is 5.19. The van der Waals surface area contributed by atoms with Crippen LogP contribution in [0, 0.1) is 0 Å². The van der Waals surface area contributed by atoms with E-state index >= 15 is 0 Å². The molecule has 0 saturated heterocycles. The van der Waals surface area contributed by atoms with E-state index in [0.29, 0.717) is 4.88 Å². The van der Waals surface area contributed by atoms with Gasteiger partial charge in [-0.3, -0.25) is 4.79 Å². The summed E-state index contributed by atoms with van der Waals surface area (Å²) in [6.07, 6.45) is 2.94. The molecule has 1 amide bonds. The number of hydrogen-bond donors (Lipinski definition) is 2. The fourth-order valence-corrected chi connectivity index (χ4v) is 4.91. The number of thiophene rings is 1. The van der Waals surface area contributed by atoms with Crippen LogP contribution in [0.4, 0.5) is 11.5 Å². The van der Waals surface area contributed by atoms with E-state index in [2.05, 4.69) is 83.1 Å². The highest BCUT2D eigenvalue weighted by Crippen LogP contribution is 2.33. The summed E-state index contributed by atoms with van der Waals surface area (Å²) in [5, 5.41) is 12.9. The molecule has 176 valence electrons. The summed E-state index contributed by atoms with van der Waals surface area (Å²) in [6, 6.07) is 24.7. The first-order valence-corrected chi connectivity index (χ1v) is 12.6. The minimum absolute atomic E-state index is 0.0773. The largest absolute Gasteiger partial charge is 0.370 e. The van der Waals surface area contributed by atoms with Crippen molar-refractivity contribution in [2.24, 2.45) is 0 Å². The Morgan fingerprint density at radius 2 is 1.80 bits per heavy atom. The molecule has 0 radical (unpaired) electrons. The molecule has 0 unspecified atom stereocenters. The first-order chi connectivity index (χ1) is 17.1. The SMILES string of the molecule is CN(C)CCCNc1nccc2c(-c3ccc4cc(NC(=O)c5cccs5)ccc4c3)cccc12. The van der Waals surface area contributed by atoms with Gasteiger partial charge in [-0.2, -0.15) is 0 Å². The lowest BCUT2D eigenvalue weighted by atomic mass is 9.96. The summed E-state index contributed by atoms with van der Waals surface area (Å²) in [4.78, 5) is 19.9. The van der Waals surface area contributed by atoms with Crippen molar-refractivity contribution >= 4 is 50.3 Å². The highest BCUT2D eigenvalue weighted by atomic mass is 32.1. The third-order valence-electron chi connectivity index (χ3n) is 6.03. The second-order valence-corrected chi connectivity index (χ2v) is 9.80. The molecule has 2 N–H and O–H groups in total. The Morgan fingerprint density at radius 3 is 2.63 bits per heavy atom. The zero-order valence-corrected chi connectivity index (χ0v) is 20.7. The number of amides is 1. The first-order valence-electron chi connectivity index (χ1n) is 11.7. The van der Waals surface area contributed by atoms with Crippen molar-refractivity contribution < 1.29 is 4.79 Å². The average molecular weight is 481 g/mol. The fraction of sp³-hybridized carbons (Fsp3) is 0.172. The monoisotopic (exact) mass is 480 g/mol. The maximum Gasteiger partial charge on any atom is 0.265 e. The molecule has 3 aromatic carbocycles. The molecule has 2 heterocycles. The van der Waals surface area contributed by atoms with Crippen LogP contribution in [0.5, 0.6) is 0 Å². The molecule has 0 atom stereocenters. The van der Waals surface area contributed by atoms with Gasteiger partial charge in [-0.05, 0) is 90.1 Å². The predicted molar refractivity (Wildman–Crippen MR) is 149 cm³/mol. The van der Waals surface area contributed by atoms with E-state index in [0.717, 1.165) is 52.7 Å². The van der Waals surface area contributed by atoms with Crippen molar-refractivity contribution in [1.29, 1.82) is 0 Å². The normalized spacial score (nSPS) is 11.3. The Bertz CT molecular complexity index is 1480. The molecule has 0 aliphatic rings. The lowest BCUT2D eigenvalue weighted by molar-refractivity contribution is 0.103. The van der Waals surface area contributed by atoms with Gasteiger partial charge in [-0.1, -0.05) is 42.5 Å². The van der Waals surface area contributed by atoms with Gasteiger partial charge in [0, 0.05) is 23.8 Å². The van der Waals surface area contributed by atoms with E-state index in [1.54, 1.807) is 0 Å². The van der Waals surface area contributed by atoms with E-state index in [1.165, 1.54) is 22.3 Å². The number of anilines is 2. The summed E-state index contributed by atoms with van der Waals surface area (Å²) in [5.74, 6) is 0.849. The number of hydrogen-bond acceptors (Lipinski definition) is 5. The van der Waals surface area contributed by atoms with Gasteiger partial charge in [0.2, 0.25) is 0 Å². The molecule has 0 fully saturated rings. The molecule has 5 aromatic rings. The Kier molecular flexibility index (Phi) is 6.75. The van der Waals surface area contributed by atoms with Gasteiger partial charge >= 0.3 is 0 Å². The number of carbonyl (C=O) groups excluding carboxylic acids is 1. The number of nitrogens with zero attached hydrogens (tertiary/aromatic N) is 2. The van der Waals surface area contributed by atoms with Gasteiger partial charge in [0.15, 0.2) is 0 Å². The summed E-state index contributed by atoms with van der Waals surface area (Å²) in [7, 11) is 4.18. The Labute approximate surface area is 209 Å². The van der Waals surface area contributed by atoms with Gasteiger partial charge < -0.3 is 15.5 Å². The van der Waals surface area contributed by atoms with Gasteiger partial charge in [0.25, 0.3) is 5.91 Å². The van der Waals surface area contributed by atoms with E-state index in [-0.39, 0.29) is 5.91 Å². The smallest absolute Gasteiger partial charge is 0.265 e. The van der Waals surface area contributed by atoms with Crippen molar-refractivity contribution in [3.05, 3.63) is 89.3 Å². The second-order valence-electron chi connectivity index (χ2n) is 8.85. The minimum Gasteiger partial charge on any atom is -0.370 e. The van der Waals surface area contributed by atoms with Gasteiger partial charge in [0.05, 0.1) is 4.88 Å². The number of pyridine rings is 1. The lowest BCUT2D eigenvalue weighted by Crippen LogP contribution is -2.16. The van der Waals surface area contributed by atoms with Crippen molar-refractivity contribution in [2.75, 3.05) is 37.8 Å². The van der Waals surface area contributed by atoms with Crippen molar-refractivity contribution in [2.45, 2.75) is 6.42 Å². The van der Waals surface area contributed by atoms with Crippen LogP contribution in [0.15, 0.2) is 84.4 Å². The molecule has 0 spiro atoms. The van der Waals surface area contributed by atoms with Crippen molar-refractivity contribution in [3.63, 3.8) is 0 Å². The van der Waals surface area contributed by atoms with Crippen LogP contribution < -0.4 is 10.6 Å². The second kappa shape index (κ2) is 10.3. The van der Waals surface area contributed by atoms with Gasteiger partial charge in [-0.15, -0.1) is 11.3 Å². The Morgan fingerprint density at radius 1 is 0.943 bits per heavy atom. The van der Waals surface area contributed by atoms with Crippen molar-refractivity contribution in [3.8, 4) is 11.1 Å². The van der Waals surface area contributed by atoms with Crippen LogP contribution in [-0.4, -0.2) is 43.0 Å². The summed E-state index contributed by atoms with van der Waals surface area (Å²) >= 11 is 1.44. The highest BCUT2D eigenvalue weighted by molar-refractivity contribution is 7.12. The lowest BCUT2D eigenvalue weighted by Gasteiger charge is -2.13. The summed E-state index contributed by atoms with van der Waals surface area (Å²) < 4.78 is 0. The first kappa shape index (κ1) is 23.0. The number of aromatic nitrogens is 1. The zero-order valence-electron chi connectivity index (χ0n) is 19.9. The maximum atomic E-state index is 12.4. The number of rotatable bonds is 8. The fourth-order valence-electron chi connectivity index (χ4n) is 4.29. The molecule has 2 aromatic heterocycles. The standard InChI is InChI=1S/C29H28N4OS/c1-33(2)16-5-14-30-28-26-7-3-6-24(25(26)13-15-31-28)22-10-9-21-19-23(12-11-20(21)18-22)32-29(34)27-8-4-17-35-27/h3-4,6-13,15,17-19H,5,14,16H2,1-2H3,(H,30,31)(H,32,34). The zero-order chi connectivity index (χ0) is 24.2. The third-order valence-corrected chi connectivity index (χ3v) is 6.90. The van der Waals surface area contributed by atoms with Crippen molar-refractivity contribution in [1.82, 2.24) is 9.88 Å². The van der Waals surface area contributed by atoms with E-state index in [4.69, 9.17) is 0 Å². The number of nitrogens with one attached hydrogen (secondary N) is 2. The highest BCUT2D eigenvalue weighted by Gasteiger charge is 2.10. The quantitative estimate of drug-likeness (QED) is 0.242. The van der Waals surface area contributed by atoms with Gasteiger partial charge in [0.1, 0.15) is 5.82 Å². The average Bonchev–Trinajstić information content (AvgIpc) is 3.41. The molecule has 5 nitrogen and oxygen atoms in total. The van der Waals surface area contributed by atoms with Crippen LogP contribution in [-0.2, 0) is 0 Å². The van der Waals surface area contributed by atoms with E-state index < -0.39 is 0 Å². The van der Waals surface area contributed by atoms with Crippen LogP contribution in [0.3, 0.4) is 0 Å². The molecule has 0 aliphatic carbocycles. The van der Waals surface area contributed by atoms with Crippen LogP contribution in [0.1, 0.15) is 16.1 Å².